The van der Waals surface area contributed by atoms with Gasteiger partial charge in [-0.1, -0.05) is 0 Å². The Bertz CT molecular complexity index is 448. The molecule has 1 fully saturated rings. The lowest BCUT2D eigenvalue weighted by Gasteiger charge is -2.38. The predicted molar refractivity (Wildman–Crippen MR) is 85.8 cm³/mol. The molecule has 1 N–H and O–H groups in total. The first kappa shape index (κ1) is 20.9. The standard InChI is InChI=1S/C17H30O7/c1-15(2,11-23-12-9-7-8-10-22-12)13(18)24-17(5,20)16(3,4)14(19)21-6/h12,20H,7-11H2,1-6H3. The Morgan fingerprint density at radius 1 is 1.12 bits per heavy atom. The number of carbonyl (C=O) groups is 2. The first-order valence-corrected chi connectivity index (χ1v) is 8.21. The summed E-state index contributed by atoms with van der Waals surface area (Å²) in [6.07, 6.45) is 2.50. The Morgan fingerprint density at radius 2 is 1.75 bits per heavy atom. The van der Waals surface area contributed by atoms with Crippen LogP contribution in [-0.2, 0) is 28.5 Å². The van der Waals surface area contributed by atoms with Gasteiger partial charge in [0.1, 0.15) is 5.41 Å². The zero-order chi connectivity index (χ0) is 18.6. The maximum atomic E-state index is 12.5. The van der Waals surface area contributed by atoms with E-state index in [4.69, 9.17) is 14.2 Å². The number of ether oxygens (including phenoxy) is 4. The second-order valence-corrected chi connectivity index (χ2v) is 7.48. The van der Waals surface area contributed by atoms with Gasteiger partial charge in [-0.15, -0.1) is 0 Å². The molecule has 0 amide bonds. The smallest absolute Gasteiger partial charge is 0.317 e. The fraction of sp³-hybridized carbons (Fsp3) is 0.882. The summed E-state index contributed by atoms with van der Waals surface area (Å²) in [5.41, 5.74) is -2.42. The summed E-state index contributed by atoms with van der Waals surface area (Å²) in [5.74, 6) is -3.36. The van der Waals surface area contributed by atoms with Crippen LogP contribution in [0.2, 0.25) is 0 Å². The molecular formula is C17H30O7. The van der Waals surface area contributed by atoms with Gasteiger partial charge < -0.3 is 24.1 Å². The molecule has 7 nitrogen and oxygen atoms in total. The van der Waals surface area contributed by atoms with Crippen LogP contribution >= 0.6 is 0 Å². The third kappa shape index (κ3) is 4.91. The van der Waals surface area contributed by atoms with Crippen molar-refractivity contribution in [2.75, 3.05) is 20.3 Å². The molecule has 1 saturated heterocycles. The van der Waals surface area contributed by atoms with Gasteiger partial charge in [-0.3, -0.25) is 9.59 Å². The van der Waals surface area contributed by atoms with E-state index in [1.54, 1.807) is 13.8 Å². The summed E-state index contributed by atoms with van der Waals surface area (Å²) in [4.78, 5) is 24.3. The zero-order valence-electron chi connectivity index (χ0n) is 15.5. The van der Waals surface area contributed by atoms with Crippen molar-refractivity contribution in [3.05, 3.63) is 0 Å². The van der Waals surface area contributed by atoms with Gasteiger partial charge in [-0.05, 0) is 47.0 Å². The van der Waals surface area contributed by atoms with Crippen molar-refractivity contribution in [2.45, 2.75) is 66.0 Å². The number of methoxy groups -OCH3 is 1. The van der Waals surface area contributed by atoms with E-state index in [0.717, 1.165) is 19.3 Å². The van der Waals surface area contributed by atoms with E-state index >= 15 is 0 Å². The minimum absolute atomic E-state index is 0.0885. The largest absolute Gasteiger partial charge is 0.468 e. The maximum Gasteiger partial charge on any atom is 0.317 e. The summed E-state index contributed by atoms with van der Waals surface area (Å²) in [6, 6.07) is 0. The molecule has 140 valence electrons. The van der Waals surface area contributed by atoms with Crippen molar-refractivity contribution in [1.82, 2.24) is 0 Å². The molecule has 0 saturated carbocycles. The monoisotopic (exact) mass is 346 g/mol. The molecule has 7 heteroatoms. The molecule has 1 heterocycles. The van der Waals surface area contributed by atoms with Crippen LogP contribution in [0.25, 0.3) is 0 Å². The number of rotatable bonds is 7. The molecule has 0 radical (unpaired) electrons. The Hall–Kier alpha value is -1.18. The SMILES string of the molecule is COC(=O)C(C)(C)C(C)(O)OC(=O)C(C)(C)COC1CCCCO1. The molecule has 0 aromatic heterocycles. The van der Waals surface area contributed by atoms with Gasteiger partial charge in [0.25, 0.3) is 0 Å². The minimum Gasteiger partial charge on any atom is -0.468 e. The van der Waals surface area contributed by atoms with Crippen molar-refractivity contribution < 1.29 is 33.6 Å². The quantitative estimate of drug-likeness (QED) is 0.557. The average Bonchev–Trinajstić information content (AvgIpc) is 2.52. The van der Waals surface area contributed by atoms with Gasteiger partial charge in [0, 0.05) is 13.5 Å². The van der Waals surface area contributed by atoms with Crippen LogP contribution in [-0.4, -0.2) is 49.4 Å². The molecule has 0 aromatic rings. The topological polar surface area (TPSA) is 91.3 Å². The Morgan fingerprint density at radius 3 is 2.25 bits per heavy atom. The number of esters is 2. The third-order valence-corrected chi connectivity index (χ3v) is 4.47. The number of aliphatic hydroxyl groups is 1. The van der Waals surface area contributed by atoms with Crippen molar-refractivity contribution >= 4 is 11.9 Å². The summed E-state index contributed by atoms with van der Waals surface area (Å²) in [7, 11) is 1.21. The lowest BCUT2D eigenvalue weighted by Crippen LogP contribution is -2.52. The lowest BCUT2D eigenvalue weighted by molar-refractivity contribution is -0.255. The first-order valence-electron chi connectivity index (χ1n) is 8.21. The van der Waals surface area contributed by atoms with Crippen LogP contribution in [0.4, 0.5) is 0 Å². The lowest BCUT2D eigenvalue weighted by atomic mass is 9.83. The average molecular weight is 346 g/mol. The molecule has 0 bridgehead atoms. The predicted octanol–water partition coefficient (Wildman–Crippen LogP) is 2.01. The Labute approximate surface area is 143 Å². The van der Waals surface area contributed by atoms with Crippen molar-refractivity contribution in [3.8, 4) is 0 Å². The van der Waals surface area contributed by atoms with Crippen molar-refractivity contribution in [3.63, 3.8) is 0 Å². The second kappa shape index (κ2) is 7.80. The highest BCUT2D eigenvalue weighted by Crippen LogP contribution is 2.35. The highest BCUT2D eigenvalue weighted by Gasteiger charge is 2.51. The normalized spacial score (nSPS) is 21.7. The highest BCUT2D eigenvalue weighted by atomic mass is 16.7. The number of hydrogen-bond acceptors (Lipinski definition) is 7. The van der Waals surface area contributed by atoms with Gasteiger partial charge >= 0.3 is 11.9 Å². The van der Waals surface area contributed by atoms with Gasteiger partial charge in [0.05, 0.1) is 19.1 Å². The molecule has 2 unspecified atom stereocenters. The van der Waals surface area contributed by atoms with E-state index in [1.165, 1.54) is 27.9 Å². The summed E-state index contributed by atoms with van der Waals surface area (Å²) in [5, 5.41) is 10.5. The number of carbonyl (C=O) groups excluding carboxylic acids is 2. The fourth-order valence-electron chi connectivity index (χ4n) is 2.09. The molecule has 1 aliphatic heterocycles. The molecule has 2 atom stereocenters. The van der Waals surface area contributed by atoms with Crippen LogP contribution in [0, 0.1) is 10.8 Å². The molecule has 0 aromatic carbocycles. The summed E-state index contributed by atoms with van der Waals surface area (Å²) >= 11 is 0. The minimum atomic E-state index is -2.02. The Kier molecular flexibility index (Phi) is 6.78. The third-order valence-electron chi connectivity index (χ3n) is 4.47. The zero-order valence-corrected chi connectivity index (χ0v) is 15.5. The van der Waals surface area contributed by atoms with E-state index in [2.05, 4.69) is 4.74 Å². The Balaban J connectivity index is 2.67. The summed E-state index contributed by atoms with van der Waals surface area (Å²) < 4.78 is 21.0. The molecule has 1 rings (SSSR count). The van der Waals surface area contributed by atoms with Crippen LogP contribution < -0.4 is 0 Å². The van der Waals surface area contributed by atoms with Gasteiger partial charge in [0.2, 0.25) is 5.79 Å². The molecular weight excluding hydrogens is 316 g/mol. The van der Waals surface area contributed by atoms with Crippen molar-refractivity contribution in [2.24, 2.45) is 10.8 Å². The van der Waals surface area contributed by atoms with Crippen LogP contribution in [0.15, 0.2) is 0 Å². The molecule has 0 spiro atoms. The van der Waals surface area contributed by atoms with E-state index in [-0.39, 0.29) is 12.9 Å². The van der Waals surface area contributed by atoms with E-state index in [1.807, 2.05) is 0 Å². The highest BCUT2D eigenvalue weighted by molar-refractivity contribution is 5.80. The maximum absolute atomic E-state index is 12.5. The van der Waals surface area contributed by atoms with Gasteiger partial charge in [-0.25, -0.2) is 0 Å². The van der Waals surface area contributed by atoms with Crippen molar-refractivity contribution in [1.29, 1.82) is 0 Å². The van der Waals surface area contributed by atoms with E-state index in [0.29, 0.717) is 6.61 Å². The summed E-state index contributed by atoms with van der Waals surface area (Å²) in [6.45, 7) is 8.21. The van der Waals surface area contributed by atoms with E-state index < -0.39 is 28.6 Å². The fourth-order valence-corrected chi connectivity index (χ4v) is 2.09. The van der Waals surface area contributed by atoms with Gasteiger partial charge in [-0.2, -0.15) is 0 Å². The van der Waals surface area contributed by atoms with E-state index in [9.17, 15) is 14.7 Å². The van der Waals surface area contributed by atoms with Gasteiger partial charge in [0.15, 0.2) is 6.29 Å². The van der Waals surface area contributed by atoms with Crippen LogP contribution in [0.1, 0.15) is 53.9 Å². The van der Waals surface area contributed by atoms with Crippen LogP contribution in [0.5, 0.6) is 0 Å². The molecule has 1 aliphatic rings. The molecule has 0 aliphatic carbocycles. The first-order chi connectivity index (χ1) is 10.9. The number of hydrogen-bond donors (Lipinski definition) is 1. The second-order valence-electron chi connectivity index (χ2n) is 7.48. The molecule has 24 heavy (non-hydrogen) atoms. The van der Waals surface area contributed by atoms with Crippen LogP contribution in [0.3, 0.4) is 0 Å².